The maximum Gasteiger partial charge on any atom is 0.379 e. The Hall–Kier alpha value is 0.800. The van der Waals surface area contributed by atoms with Gasteiger partial charge in [0.25, 0.3) is 7.52 Å². The summed E-state index contributed by atoms with van der Waals surface area (Å²) in [6, 6.07) is 0. The smallest absolute Gasteiger partial charge is 0.321 e. The number of hydrogen-bond acceptors (Lipinski definition) is 7. The van der Waals surface area contributed by atoms with Crippen LogP contribution in [0.2, 0.25) is 0 Å². The van der Waals surface area contributed by atoms with Gasteiger partial charge in [0.1, 0.15) is 0 Å². The van der Waals surface area contributed by atoms with Crippen LogP contribution in [0.25, 0.3) is 0 Å². The second-order valence-electron chi connectivity index (χ2n) is 9.67. The van der Waals surface area contributed by atoms with Gasteiger partial charge in [0.05, 0.1) is 0 Å². The van der Waals surface area contributed by atoms with E-state index < -0.39 is 13.6 Å². The van der Waals surface area contributed by atoms with Crippen LogP contribution in [0.1, 0.15) is 91.9 Å². The molecule has 0 aliphatic rings. The van der Waals surface area contributed by atoms with Crippen molar-refractivity contribution in [3.05, 3.63) is 0 Å². The molecular weight excluding hydrogens is 577 g/mol. The molecule has 1 N–H and O–H groups in total. The van der Waals surface area contributed by atoms with Crippen molar-refractivity contribution in [2.45, 2.75) is 91.9 Å². The summed E-state index contributed by atoms with van der Waals surface area (Å²) in [6.07, 6.45) is 9.94. The van der Waals surface area contributed by atoms with Gasteiger partial charge in [-0.3, -0.25) is 9.13 Å². The summed E-state index contributed by atoms with van der Waals surface area (Å²) < 4.78 is 32.5. The Labute approximate surface area is 253 Å². The SMILES string of the molecule is CCCCCCCCNC.CCN(CC)CC.COP(=O)(Cl)Cl.COP(C)(=O)N(C)CCCCCCN(C)C. The van der Waals surface area contributed by atoms with E-state index >= 15 is 0 Å². The molecule has 0 aliphatic carbocycles. The molecule has 0 bridgehead atoms. The van der Waals surface area contributed by atoms with Crippen LogP contribution < -0.4 is 5.32 Å². The van der Waals surface area contributed by atoms with Crippen molar-refractivity contribution >= 4 is 36.1 Å². The Morgan fingerprint density at radius 1 is 0.692 bits per heavy atom. The quantitative estimate of drug-likeness (QED) is 0.104. The summed E-state index contributed by atoms with van der Waals surface area (Å²) >= 11 is 9.63. The Morgan fingerprint density at radius 3 is 1.44 bits per heavy atom. The van der Waals surface area contributed by atoms with Crippen LogP contribution >= 0.6 is 36.1 Å². The maximum absolute atomic E-state index is 11.8. The van der Waals surface area contributed by atoms with Crippen molar-refractivity contribution in [2.75, 3.05) is 88.3 Å². The molecule has 0 rings (SSSR count). The van der Waals surface area contributed by atoms with Crippen LogP contribution in [0.4, 0.5) is 0 Å². The molecule has 0 spiro atoms. The molecule has 0 aromatic rings. The van der Waals surface area contributed by atoms with E-state index in [2.05, 4.69) is 61.4 Å². The van der Waals surface area contributed by atoms with Crippen LogP contribution in [0.5, 0.6) is 0 Å². The van der Waals surface area contributed by atoms with Gasteiger partial charge >= 0.3 is 6.07 Å². The van der Waals surface area contributed by atoms with E-state index in [1.54, 1.807) is 6.66 Å². The average Bonchev–Trinajstić information content (AvgIpc) is 2.89. The largest absolute Gasteiger partial charge is 0.379 e. The van der Waals surface area contributed by atoms with Gasteiger partial charge in [0.2, 0.25) is 0 Å². The summed E-state index contributed by atoms with van der Waals surface area (Å²) in [7, 11) is 8.26. The summed E-state index contributed by atoms with van der Waals surface area (Å²) in [5, 5.41) is 3.16. The number of nitrogens with one attached hydrogen (secondary N) is 1. The Kier molecular flexibility index (Phi) is 39.9. The van der Waals surface area contributed by atoms with Crippen LogP contribution in [-0.4, -0.2) is 103 Å². The molecule has 39 heavy (non-hydrogen) atoms. The van der Waals surface area contributed by atoms with Gasteiger partial charge in [-0.15, -0.1) is 0 Å². The lowest BCUT2D eigenvalue weighted by Gasteiger charge is -2.22. The van der Waals surface area contributed by atoms with E-state index in [1.807, 2.05) is 18.8 Å². The molecule has 0 amide bonds. The first-order valence-corrected chi connectivity index (χ1v) is 20.1. The highest BCUT2D eigenvalue weighted by atomic mass is 35.9. The van der Waals surface area contributed by atoms with Gasteiger partial charge in [-0.25, -0.2) is 4.67 Å². The van der Waals surface area contributed by atoms with E-state index in [-0.39, 0.29) is 0 Å². The molecule has 0 radical (unpaired) electrons. The molecule has 12 heteroatoms. The lowest BCUT2D eigenvalue weighted by molar-refractivity contribution is 0.321. The highest BCUT2D eigenvalue weighted by molar-refractivity contribution is 8.05. The van der Waals surface area contributed by atoms with Gasteiger partial charge in [0.15, 0.2) is 0 Å². The highest BCUT2D eigenvalue weighted by Crippen LogP contribution is 2.56. The third-order valence-corrected chi connectivity index (χ3v) is 9.50. The summed E-state index contributed by atoms with van der Waals surface area (Å²) in [5.74, 6) is 0. The Balaban J connectivity index is -0.000000228. The van der Waals surface area contributed by atoms with Crippen molar-refractivity contribution in [2.24, 2.45) is 0 Å². The van der Waals surface area contributed by atoms with E-state index in [9.17, 15) is 9.13 Å². The fourth-order valence-electron chi connectivity index (χ4n) is 3.20. The number of rotatable bonds is 20. The normalized spacial score (nSPS) is 12.7. The van der Waals surface area contributed by atoms with Gasteiger partial charge in [0, 0.05) is 27.4 Å². The fraction of sp³-hybridized carbons (Fsp3) is 1.00. The zero-order chi connectivity index (χ0) is 31.2. The molecule has 0 aromatic heterocycles. The van der Waals surface area contributed by atoms with Gasteiger partial charge in [-0.05, 0) is 103 Å². The molecule has 1 atom stereocenters. The van der Waals surface area contributed by atoms with E-state index in [0.717, 1.165) is 19.5 Å². The number of unbranched alkanes of at least 4 members (excludes halogenated alkanes) is 8. The molecule has 0 aliphatic heterocycles. The molecule has 0 saturated carbocycles. The van der Waals surface area contributed by atoms with Crippen molar-refractivity contribution < 1.29 is 18.2 Å². The van der Waals surface area contributed by atoms with Crippen molar-refractivity contribution in [1.29, 1.82) is 0 Å². The maximum atomic E-state index is 11.8. The van der Waals surface area contributed by atoms with Crippen molar-refractivity contribution in [3.8, 4) is 0 Å². The first-order chi connectivity index (χ1) is 18.2. The second kappa shape index (κ2) is 33.3. The van der Waals surface area contributed by atoms with E-state index in [1.165, 1.54) is 98.2 Å². The molecule has 242 valence electrons. The molecule has 0 fully saturated rings. The van der Waals surface area contributed by atoms with Crippen LogP contribution in [-0.2, 0) is 18.2 Å². The van der Waals surface area contributed by atoms with Gasteiger partial charge in [-0.2, -0.15) is 0 Å². The standard InChI is InChI=1S/C11H27N2O2P.C9H21N.C6H15N.CH3Cl2O2P/c1-12(2)10-8-6-7-9-11-13(3)16(5,14)15-4;1-3-4-5-6-7-8-9-10-2;1-4-7(5-2)6-3;1-5-6(2,3)4/h6-11H2,1-5H3;10H,3-9H2,1-2H3;4-6H2,1-3H3;1H3. The first-order valence-electron chi connectivity index (χ1n) is 14.6. The van der Waals surface area contributed by atoms with Gasteiger partial charge in [-0.1, -0.05) is 72.6 Å². The number of nitrogens with zero attached hydrogens (tertiary/aromatic N) is 3. The Morgan fingerprint density at radius 2 is 1.10 bits per heavy atom. The lowest BCUT2D eigenvalue weighted by Crippen LogP contribution is -2.21. The fourth-order valence-corrected chi connectivity index (χ4v) is 3.98. The molecule has 0 heterocycles. The molecule has 1 unspecified atom stereocenters. The molecule has 0 saturated heterocycles. The zero-order valence-corrected chi connectivity index (χ0v) is 30.7. The first kappa shape index (κ1) is 46.7. The van der Waals surface area contributed by atoms with Crippen LogP contribution in [0.3, 0.4) is 0 Å². The summed E-state index contributed by atoms with van der Waals surface area (Å²) in [5.41, 5.74) is 0. The van der Waals surface area contributed by atoms with Crippen LogP contribution in [0.15, 0.2) is 0 Å². The third kappa shape index (κ3) is 43.4. The minimum absolute atomic E-state index is 0.851. The lowest BCUT2D eigenvalue weighted by atomic mass is 10.1. The zero-order valence-electron chi connectivity index (χ0n) is 27.4. The second-order valence-corrected chi connectivity index (χ2v) is 16.7. The monoisotopic (exact) mass is 642 g/mol. The van der Waals surface area contributed by atoms with Crippen molar-refractivity contribution in [3.63, 3.8) is 0 Å². The van der Waals surface area contributed by atoms with E-state index in [4.69, 9.17) is 27.0 Å². The predicted octanol–water partition coefficient (Wildman–Crippen LogP) is 8.64. The Bertz CT molecular complexity index is 556. The summed E-state index contributed by atoms with van der Waals surface area (Å²) in [6.45, 7) is 17.2. The van der Waals surface area contributed by atoms with Gasteiger partial charge < -0.3 is 24.2 Å². The van der Waals surface area contributed by atoms with Crippen LogP contribution in [0, 0.1) is 0 Å². The van der Waals surface area contributed by atoms with E-state index in [0.29, 0.717) is 0 Å². The number of hydrogen-bond donors (Lipinski definition) is 1. The van der Waals surface area contributed by atoms with Crippen molar-refractivity contribution in [1.82, 2.24) is 19.8 Å². The number of halogens is 2. The molecular formula is C27H66Cl2N4O4P2. The molecule has 8 nitrogen and oxygen atoms in total. The average molecular weight is 644 g/mol. The molecule has 0 aromatic carbocycles. The topological polar surface area (TPSA) is 74.3 Å². The minimum atomic E-state index is -3.20. The summed E-state index contributed by atoms with van der Waals surface area (Å²) in [4.78, 5) is 4.58. The predicted molar refractivity (Wildman–Crippen MR) is 177 cm³/mol. The minimum Gasteiger partial charge on any atom is -0.321 e. The third-order valence-electron chi connectivity index (χ3n) is 6.13. The highest BCUT2D eigenvalue weighted by Gasteiger charge is 2.19.